The van der Waals surface area contributed by atoms with Crippen LogP contribution in [0.25, 0.3) is 0 Å². The number of hydrogen-bond acceptors (Lipinski definition) is 6. The molecule has 3 rings (SSSR count). The molecule has 1 aliphatic heterocycles. The van der Waals surface area contributed by atoms with E-state index >= 15 is 0 Å². The summed E-state index contributed by atoms with van der Waals surface area (Å²) < 4.78 is 5.74. The number of ether oxygens (including phenoxy) is 1. The molecule has 2 atom stereocenters. The molecule has 1 aliphatic rings. The van der Waals surface area contributed by atoms with Gasteiger partial charge in [0.1, 0.15) is 0 Å². The molecule has 0 spiro atoms. The molecular weight excluding hydrogens is 431 g/mol. The van der Waals surface area contributed by atoms with Gasteiger partial charge in [0.2, 0.25) is 0 Å². The van der Waals surface area contributed by atoms with Gasteiger partial charge in [0.25, 0.3) is 5.91 Å². The van der Waals surface area contributed by atoms with E-state index in [4.69, 9.17) is 22.1 Å². The van der Waals surface area contributed by atoms with Crippen LogP contribution in [0.15, 0.2) is 23.6 Å². The quantitative estimate of drug-likeness (QED) is 0.682. The number of carbonyl (C=O) groups excluding carboxylic acids is 1. The number of nitrogens with two attached hydrogens (primary N) is 1. The Kier molecular flexibility index (Phi) is 9.27. The third-order valence-electron chi connectivity index (χ3n) is 3.89. The summed E-state index contributed by atoms with van der Waals surface area (Å²) in [5, 5.41) is 5.64. The molecule has 2 heterocycles. The van der Waals surface area contributed by atoms with Gasteiger partial charge < -0.3 is 10.5 Å². The normalized spacial score (nSPS) is 19.7. The Bertz CT molecular complexity index is 764. The minimum Gasteiger partial charge on any atom is -0.399 e. The van der Waals surface area contributed by atoms with Crippen LogP contribution >= 0.6 is 47.8 Å². The molecular formula is C17H23Cl3N4O2S. The minimum absolute atomic E-state index is 0. The summed E-state index contributed by atoms with van der Waals surface area (Å²) >= 11 is 7.48. The van der Waals surface area contributed by atoms with E-state index in [2.05, 4.69) is 29.0 Å². The Morgan fingerprint density at radius 3 is 2.67 bits per heavy atom. The highest BCUT2D eigenvalue weighted by molar-refractivity contribution is 7.14. The van der Waals surface area contributed by atoms with E-state index in [-0.39, 0.29) is 42.9 Å². The van der Waals surface area contributed by atoms with E-state index in [1.54, 1.807) is 18.2 Å². The van der Waals surface area contributed by atoms with Crippen LogP contribution in [-0.4, -0.2) is 41.1 Å². The summed E-state index contributed by atoms with van der Waals surface area (Å²) in [7, 11) is 0. The topological polar surface area (TPSA) is 80.5 Å². The molecule has 27 heavy (non-hydrogen) atoms. The number of rotatable bonds is 4. The van der Waals surface area contributed by atoms with E-state index in [1.165, 1.54) is 11.3 Å². The predicted octanol–water partition coefficient (Wildman–Crippen LogP) is 4.08. The molecule has 1 amide bonds. The zero-order valence-corrected chi connectivity index (χ0v) is 18.2. The van der Waals surface area contributed by atoms with Gasteiger partial charge in [-0.2, -0.15) is 0 Å². The zero-order chi connectivity index (χ0) is 18.0. The number of morpholine rings is 1. The summed E-state index contributed by atoms with van der Waals surface area (Å²) in [6.45, 7) is 6.65. The van der Waals surface area contributed by atoms with E-state index in [1.807, 2.05) is 5.38 Å². The molecule has 0 saturated carbocycles. The first-order valence-electron chi connectivity index (χ1n) is 8.09. The monoisotopic (exact) mass is 452 g/mol. The molecule has 0 aliphatic carbocycles. The number of thiazole rings is 1. The lowest BCUT2D eigenvalue weighted by atomic mass is 10.2. The van der Waals surface area contributed by atoms with E-state index < -0.39 is 0 Å². The third kappa shape index (κ3) is 6.48. The molecule has 3 N–H and O–H groups in total. The smallest absolute Gasteiger partial charge is 0.258 e. The number of nitrogen functional groups attached to an aromatic ring is 1. The highest BCUT2D eigenvalue weighted by atomic mass is 35.5. The molecule has 0 radical (unpaired) electrons. The van der Waals surface area contributed by atoms with E-state index in [0.717, 1.165) is 25.3 Å². The molecule has 1 fully saturated rings. The Balaban J connectivity index is 0.00000182. The lowest BCUT2D eigenvalue weighted by molar-refractivity contribution is -0.0707. The second-order valence-electron chi connectivity index (χ2n) is 6.29. The first-order valence-corrected chi connectivity index (χ1v) is 9.35. The summed E-state index contributed by atoms with van der Waals surface area (Å²) in [5.41, 5.74) is 7.49. The third-order valence-corrected chi connectivity index (χ3v) is 5.01. The van der Waals surface area contributed by atoms with Crippen molar-refractivity contribution in [2.45, 2.75) is 32.6 Å². The van der Waals surface area contributed by atoms with Crippen molar-refractivity contribution in [3.05, 3.63) is 39.9 Å². The van der Waals surface area contributed by atoms with Crippen molar-refractivity contribution in [3.63, 3.8) is 0 Å². The van der Waals surface area contributed by atoms with Crippen LogP contribution in [0, 0.1) is 0 Å². The number of nitrogens with one attached hydrogen (secondary N) is 1. The van der Waals surface area contributed by atoms with Crippen LogP contribution in [0.1, 0.15) is 29.9 Å². The molecule has 1 saturated heterocycles. The summed E-state index contributed by atoms with van der Waals surface area (Å²) in [5.74, 6) is -0.292. The molecule has 10 heteroatoms. The minimum atomic E-state index is -0.292. The number of aromatic nitrogens is 1. The fraction of sp³-hybridized carbons (Fsp3) is 0.412. The van der Waals surface area contributed by atoms with Gasteiger partial charge in [-0.05, 0) is 32.0 Å². The van der Waals surface area contributed by atoms with Gasteiger partial charge in [-0.1, -0.05) is 11.6 Å². The van der Waals surface area contributed by atoms with Crippen molar-refractivity contribution in [3.8, 4) is 0 Å². The Hall–Kier alpha value is -1.09. The largest absolute Gasteiger partial charge is 0.399 e. The Morgan fingerprint density at radius 2 is 2.04 bits per heavy atom. The van der Waals surface area contributed by atoms with Crippen molar-refractivity contribution in [2.75, 3.05) is 24.1 Å². The summed E-state index contributed by atoms with van der Waals surface area (Å²) in [6.07, 6.45) is 0.434. The standard InChI is InChI=1S/C17H21ClN4O2S.2ClH/c1-10-6-22(7-11(2)24-10)8-13-9-25-17(20-13)21-16(23)14-4-3-12(19)5-15(14)18;;/h3-5,9-11H,6-8,19H2,1-2H3,(H,20,21,23);2*1H. The molecule has 2 unspecified atom stereocenters. The van der Waals surface area contributed by atoms with Crippen LogP contribution in [0.4, 0.5) is 10.8 Å². The first-order chi connectivity index (χ1) is 11.9. The van der Waals surface area contributed by atoms with Gasteiger partial charge >= 0.3 is 0 Å². The van der Waals surface area contributed by atoms with Crippen molar-refractivity contribution in [1.82, 2.24) is 9.88 Å². The van der Waals surface area contributed by atoms with Crippen LogP contribution < -0.4 is 11.1 Å². The van der Waals surface area contributed by atoms with Crippen molar-refractivity contribution in [1.29, 1.82) is 0 Å². The second-order valence-corrected chi connectivity index (χ2v) is 7.55. The maximum atomic E-state index is 12.3. The molecule has 1 aromatic carbocycles. The lowest BCUT2D eigenvalue weighted by Gasteiger charge is -2.34. The van der Waals surface area contributed by atoms with Gasteiger partial charge in [0.05, 0.1) is 28.5 Å². The SMILES string of the molecule is CC1CN(Cc2csc(NC(=O)c3ccc(N)cc3Cl)n2)CC(C)O1.Cl.Cl. The molecule has 2 aromatic rings. The maximum absolute atomic E-state index is 12.3. The van der Waals surface area contributed by atoms with Gasteiger partial charge in [-0.25, -0.2) is 4.98 Å². The highest BCUT2D eigenvalue weighted by Crippen LogP contribution is 2.23. The lowest BCUT2D eigenvalue weighted by Crippen LogP contribution is -2.44. The highest BCUT2D eigenvalue weighted by Gasteiger charge is 2.23. The van der Waals surface area contributed by atoms with Gasteiger partial charge in [-0.3, -0.25) is 15.0 Å². The van der Waals surface area contributed by atoms with Gasteiger partial charge in [0, 0.05) is 30.7 Å². The Morgan fingerprint density at radius 1 is 1.37 bits per heavy atom. The number of anilines is 2. The fourth-order valence-electron chi connectivity index (χ4n) is 2.96. The van der Waals surface area contributed by atoms with Crippen molar-refractivity contribution < 1.29 is 9.53 Å². The van der Waals surface area contributed by atoms with Crippen molar-refractivity contribution in [2.24, 2.45) is 0 Å². The maximum Gasteiger partial charge on any atom is 0.258 e. The summed E-state index contributed by atoms with van der Waals surface area (Å²) in [6, 6.07) is 4.82. The number of carbonyl (C=O) groups is 1. The summed E-state index contributed by atoms with van der Waals surface area (Å²) in [4.78, 5) is 19.2. The molecule has 0 bridgehead atoms. The first kappa shape index (κ1) is 23.9. The van der Waals surface area contributed by atoms with Crippen LogP contribution in [0.2, 0.25) is 5.02 Å². The number of benzene rings is 1. The predicted molar refractivity (Wildman–Crippen MR) is 116 cm³/mol. The Labute approximate surface area is 180 Å². The number of nitrogens with zero attached hydrogens (tertiary/aromatic N) is 2. The van der Waals surface area contributed by atoms with Gasteiger partial charge in [0.15, 0.2) is 5.13 Å². The van der Waals surface area contributed by atoms with E-state index in [9.17, 15) is 4.79 Å². The number of amides is 1. The molecule has 6 nitrogen and oxygen atoms in total. The van der Waals surface area contributed by atoms with Gasteiger partial charge in [-0.15, -0.1) is 36.2 Å². The average molecular weight is 454 g/mol. The number of hydrogen-bond donors (Lipinski definition) is 2. The van der Waals surface area contributed by atoms with E-state index in [0.29, 0.717) is 21.4 Å². The molecule has 150 valence electrons. The molecule has 1 aromatic heterocycles. The number of halogens is 3. The second kappa shape index (κ2) is 10.5. The van der Waals surface area contributed by atoms with Crippen LogP contribution in [0.3, 0.4) is 0 Å². The zero-order valence-electron chi connectivity index (χ0n) is 15.0. The fourth-order valence-corrected chi connectivity index (χ4v) is 3.93. The van der Waals surface area contributed by atoms with Crippen molar-refractivity contribution >= 4 is 64.5 Å². The average Bonchev–Trinajstić information content (AvgIpc) is 2.92. The van der Waals surface area contributed by atoms with Crippen LogP contribution in [0.5, 0.6) is 0 Å². The van der Waals surface area contributed by atoms with Crippen LogP contribution in [-0.2, 0) is 11.3 Å².